The van der Waals surface area contributed by atoms with Crippen LogP contribution in [0.1, 0.15) is 50.2 Å². The Kier molecular flexibility index (Phi) is 4.08. The first-order valence-electron chi connectivity index (χ1n) is 7.64. The van der Waals surface area contributed by atoms with E-state index in [4.69, 9.17) is 10.5 Å². The third-order valence-electron chi connectivity index (χ3n) is 4.10. The smallest absolute Gasteiger partial charge is 0.290 e. The minimum Gasteiger partial charge on any atom is -0.447 e. The largest absolute Gasteiger partial charge is 0.447 e. The van der Waals surface area contributed by atoms with E-state index in [0.29, 0.717) is 6.02 Å². The summed E-state index contributed by atoms with van der Waals surface area (Å²) in [5.41, 5.74) is 7.07. The van der Waals surface area contributed by atoms with E-state index in [1.165, 1.54) is 25.7 Å². The summed E-state index contributed by atoms with van der Waals surface area (Å²) in [5.74, 6) is -0.488. The molecule has 1 fully saturated rings. The van der Waals surface area contributed by atoms with Crippen LogP contribution in [-0.4, -0.2) is 18.0 Å². The van der Waals surface area contributed by atoms with Gasteiger partial charge in [0.2, 0.25) is 6.10 Å². The van der Waals surface area contributed by atoms with Crippen molar-refractivity contribution in [1.29, 1.82) is 0 Å². The van der Waals surface area contributed by atoms with Crippen LogP contribution in [0.25, 0.3) is 0 Å². The number of aliphatic imine (C=N–C) groups is 1. The van der Waals surface area contributed by atoms with Crippen molar-refractivity contribution in [3.05, 3.63) is 29.8 Å². The third kappa shape index (κ3) is 3.17. The van der Waals surface area contributed by atoms with Gasteiger partial charge in [-0.25, -0.2) is 4.99 Å². The molecule has 0 aromatic heterocycles. The molecule has 2 aliphatic rings. The topological polar surface area (TPSA) is 76.7 Å². The zero-order valence-corrected chi connectivity index (χ0v) is 12.0. The van der Waals surface area contributed by atoms with Gasteiger partial charge in [0.25, 0.3) is 11.9 Å². The van der Waals surface area contributed by atoms with E-state index in [1.54, 1.807) is 0 Å². The second-order valence-electron chi connectivity index (χ2n) is 5.69. The summed E-state index contributed by atoms with van der Waals surface area (Å²) < 4.78 is 5.68. The van der Waals surface area contributed by atoms with E-state index in [9.17, 15) is 4.79 Å². The third-order valence-corrected chi connectivity index (χ3v) is 4.10. The molecule has 5 nitrogen and oxygen atoms in total. The van der Waals surface area contributed by atoms with E-state index >= 15 is 0 Å². The minimum atomic E-state index is -0.757. The van der Waals surface area contributed by atoms with Gasteiger partial charge in [-0.1, -0.05) is 43.9 Å². The number of nitrogens with one attached hydrogen (secondary N) is 1. The molecule has 3 rings (SSSR count). The number of carbonyl (C=O) groups excluding carboxylic acids is 1. The first-order valence-corrected chi connectivity index (χ1v) is 7.64. The predicted molar refractivity (Wildman–Crippen MR) is 82.0 cm³/mol. The van der Waals surface area contributed by atoms with Gasteiger partial charge < -0.3 is 15.8 Å². The lowest BCUT2D eigenvalue weighted by Gasteiger charge is -2.27. The van der Waals surface area contributed by atoms with Gasteiger partial charge in [0, 0.05) is 11.3 Å². The van der Waals surface area contributed by atoms with Crippen molar-refractivity contribution in [3.8, 4) is 0 Å². The summed E-state index contributed by atoms with van der Waals surface area (Å²) in [4.78, 5) is 16.3. The second kappa shape index (κ2) is 6.16. The van der Waals surface area contributed by atoms with Gasteiger partial charge in [-0.05, 0) is 18.9 Å². The van der Waals surface area contributed by atoms with Crippen LogP contribution in [0, 0.1) is 0 Å². The van der Waals surface area contributed by atoms with E-state index < -0.39 is 12.0 Å². The first kappa shape index (κ1) is 13.9. The van der Waals surface area contributed by atoms with Gasteiger partial charge in [-0.3, -0.25) is 4.79 Å². The van der Waals surface area contributed by atoms with Gasteiger partial charge >= 0.3 is 0 Å². The van der Waals surface area contributed by atoms with Gasteiger partial charge in [0.15, 0.2) is 0 Å². The van der Waals surface area contributed by atoms with Crippen LogP contribution in [0.4, 0.5) is 5.69 Å². The number of ether oxygens (including phenoxy) is 1. The summed E-state index contributed by atoms with van der Waals surface area (Å²) in [6.07, 6.45) is 6.38. The Morgan fingerprint density at radius 3 is 2.62 bits per heavy atom. The van der Waals surface area contributed by atoms with Gasteiger partial charge in [0.1, 0.15) is 0 Å². The SMILES string of the molecule is NC(=O)C1OC(=NC2CCCCCC2)Nc2ccccc21. The van der Waals surface area contributed by atoms with Crippen molar-refractivity contribution < 1.29 is 9.53 Å². The molecule has 1 aliphatic carbocycles. The van der Waals surface area contributed by atoms with Crippen LogP contribution < -0.4 is 11.1 Å². The van der Waals surface area contributed by atoms with Crippen LogP contribution >= 0.6 is 0 Å². The maximum absolute atomic E-state index is 11.6. The first-order chi connectivity index (χ1) is 10.2. The monoisotopic (exact) mass is 287 g/mol. The van der Waals surface area contributed by atoms with Crippen LogP contribution in [0.2, 0.25) is 0 Å². The Morgan fingerprint density at radius 2 is 1.90 bits per heavy atom. The number of nitrogens with zero attached hydrogens (tertiary/aromatic N) is 1. The molecular formula is C16H21N3O2. The number of amides is 1. The molecule has 112 valence electrons. The molecule has 0 spiro atoms. The molecule has 1 unspecified atom stereocenters. The lowest BCUT2D eigenvalue weighted by Crippen LogP contribution is -2.34. The van der Waals surface area contributed by atoms with Crippen molar-refractivity contribution in [2.75, 3.05) is 5.32 Å². The fourth-order valence-corrected chi connectivity index (χ4v) is 2.99. The van der Waals surface area contributed by atoms with Crippen LogP contribution in [0.3, 0.4) is 0 Å². The number of para-hydroxylation sites is 1. The number of primary amides is 1. The number of carbonyl (C=O) groups is 1. The number of hydrogen-bond acceptors (Lipinski definition) is 3. The molecule has 1 heterocycles. The highest BCUT2D eigenvalue weighted by molar-refractivity contribution is 5.97. The summed E-state index contributed by atoms with van der Waals surface area (Å²) >= 11 is 0. The molecule has 5 heteroatoms. The number of amidine groups is 1. The van der Waals surface area contributed by atoms with Gasteiger partial charge in [0.05, 0.1) is 6.04 Å². The fraction of sp³-hybridized carbons (Fsp3) is 0.500. The van der Waals surface area contributed by atoms with Crippen LogP contribution in [-0.2, 0) is 9.53 Å². The Balaban J connectivity index is 1.83. The fourth-order valence-electron chi connectivity index (χ4n) is 2.99. The summed E-state index contributed by atoms with van der Waals surface area (Å²) in [6, 6.07) is 8.24. The van der Waals surface area contributed by atoms with Crippen LogP contribution in [0.15, 0.2) is 29.3 Å². The Bertz CT molecular complexity index is 548. The average Bonchev–Trinajstić information content (AvgIpc) is 2.75. The quantitative estimate of drug-likeness (QED) is 0.821. The molecule has 1 aliphatic heterocycles. The van der Waals surface area contributed by atoms with Crippen molar-refractivity contribution in [2.45, 2.75) is 50.7 Å². The summed E-state index contributed by atoms with van der Waals surface area (Å²) in [6.45, 7) is 0. The van der Waals surface area contributed by atoms with Crippen molar-refractivity contribution >= 4 is 17.6 Å². The molecular weight excluding hydrogens is 266 g/mol. The van der Waals surface area contributed by atoms with E-state index in [-0.39, 0.29) is 6.04 Å². The summed E-state index contributed by atoms with van der Waals surface area (Å²) in [7, 11) is 0. The van der Waals surface area contributed by atoms with E-state index in [1.807, 2.05) is 24.3 Å². The Hall–Kier alpha value is -2.04. The molecule has 0 bridgehead atoms. The average molecular weight is 287 g/mol. The number of nitrogens with two attached hydrogens (primary N) is 1. The molecule has 0 radical (unpaired) electrons. The number of rotatable bonds is 2. The molecule has 1 aromatic rings. The second-order valence-corrected chi connectivity index (χ2v) is 5.69. The zero-order chi connectivity index (χ0) is 14.7. The highest BCUT2D eigenvalue weighted by atomic mass is 16.5. The van der Waals surface area contributed by atoms with Crippen molar-refractivity contribution in [3.63, 3.8) is 0 Å². The minimum absolute atomic E-state index is 0.272. The van der Waals surface area contributed by atoms with Crippen molar-refractivity contribution in [1.82, 2.24) is 0 Å². The van der Waals surface area contributed by atoms with E-state index in [2.05, 4.69) is 10.3 Å². The normalized spacial score (nSPS) is 24.6. The highest BCUT2D eigenvalue weighted by Crippen LogP contribution is 2.31. The maximum Gasteiger partial charge on any atom is 0.290 e. The lowest BCUT2D eigenvalue weighted by molar-refractivity contribution is -0.125. The molecule has 1 saturated carbocycles. The molecule has 0 saturated heterocycles. The number of hydrogen-bond donors (Lipinski definition) is 2. The molecule has 1 amide bonds. The Morgan fingerprint density at radius 1 is 1.19 bits per heavy atom. The molecule has 1 aromatic carbocycles. The number of anilines is 1. The zero-order valence-electron chi connectivity index (χ0n) is 12.0. The standard InChI is InChI=1S/C16H21N3O2/c17-15(20)14-12-9-5-6-10-13(12)19-16(21-14)18-11-7-3-1-2-4-8-11/h5-6,9-11,14H,1-4,7-8H2,(H2,17,20)(H,18,19). The number of fused-ring (bicyclic) bond motifs is 1. The highest BCUT2D eigenvalue weighted by Gasteiger charge is 2.29. The Labute approximate surface area is 124 Å². The maximum atomic E-state index is 11.6. The van der Waals surface area contributed by atoms with Crippen molar-refractivity contribution in [2.24, 2.45) is 10.7 Å². The van der Waals surface area contributed by atoms with Gasteiger partial charge in [-0.15, -0.1) is 0 Å². The predicted octanol–water partition coefficient (Wildman–Crippen LogP) is 2.73. The molecule has 3 N–H and O–H groups in total. The summed E-state index contributed by atoms with van der Waals surface area (Å²) in [5, 5.41) is 3.17. The molecule has 1 atom stereocenters. The lowest BCUT2D eigenvalue weighted by atomic mass is 10.1. The van der Waals surface area contributed by atoms with Crippen LogP contribution in [0.5, 0.6) is 0 Å². The molecule has 21 heavy (non-hydrogen) atoms. The number of benzene rings is 1. The van der Waals surface area contributed by atoms with E-state index in [0.717, 1.165) is 24.1 Å². The van der Waals surface area contributed by atoms with Gasteiger partial charge in [-0.2, -0.15) is 0 Å².